The molecule has 0 aliphatic carbocycles. The first-order valence-electron chi connectivity index (χ1n) is 9.84. The Morgan fingerprint density at radius 3 is 3.04 bits per heavy atom. The predicted molar refractivity (Wildman–Crippen MR) is 109 cm³/mol. The number of carbonyl (C=O) groups excluding carboxylic acids is 1. The summed E-state index contributed by atoms with van der Waals surface area (Å²) in [5.74, 6) is 0.981. The minimum absolute atomic E-state index is 0.0909. The molecular weight excluding hydrogens is 352 g/mol. The zero-order valence-corrected chi connectivity index (χ0v) is 16.1. The van der Waals surface area contributed by atoms with Gasteiger partial charge in [-0.3, -0.25) is 4.79 Å². The first kappa shape index (κ1) is 18.5. The number of hydrogen-bond donors (Lipinski definition) is 2. The number of para-hydroxylation sites is 1. The highest BCUT2D eigenvalue weighted by Gasteiger charge is 2.17. The molecule has 1 saturated heterocycles. The van der Waals surface area contributed by atoms with E-state index in [-0.39, 0.29) is 5.91 Å². The SMILES string of the molecule is Cc1ccc2nc(COc3ccccc3C(=O)NCC3CCCNC3)cn2c1. The summed E-state index contributed by atoms with van der Waals surface area (Å²) < 4.78 is 7.94. The fourth-order valence-corrected chi connectivity index (χ4v) is 3.59. The van der Waals surface area contributed by atoms with Crippen molar-refractivity contribution in [2.45, 2.75) is 26.4 Å². The van der Waals surface area contributed by atoms with Gasteiger partial charge in [-0.2, -0.15) is 0 Å². The van der Waals surface area contributed by atoms with E-state index in [1.807, 2.05) is 54.0 Å². The molecule has 0 spiro atoms. The van der Waals surface area contributed by atoms with E-state index >= 15 is 0 Å². The molecule has 6 nitrogen and oxygen atoms in total. The van der Waals surface area contributed by atoms with Gasteiger partial charge < -0.3 is 19.8 Å². The van der Waals surface area contributed by atoms with Crippen LogP contribution < -0.4 is 15.4 Å². The molecule has 1 atom stereocenters. The average Bonchev–Trinajstić information content (AvgIpc) is 3.13. The summed E-state index contributed by atoms with van der Waals surface area (Å²) in [5.41, 5.74) is 3.45. The van der Waals surface area contributed by atoms with E-state index in [0.29, 0.717) is 30.4 Å². The minimum atomic E-state index is -0.0909. The van der Waals surface area contributed by atoms with Crippen LogP contribution in [0.5, 0.6) is 5.75 Å². The second kappa shape index (κ2) is 8.44. The first-order valence-corrected chi connectivity index (χ1v) is 9.84. The molecule has 2 N–H and O–H groups in total. The van der Waals surface area contributed by atoms with Gasteiger partial charge >= 0.3 is 0 Å². The molecule has 1 amide bonds. The van der Waals surface area contributed by atoms with E-state index in [2.05, 4.69) is 15.6 Å². The third-order valence-corrected chi connectivity index (χ3v) is 5.11. The van der Waals surface area contributed by atoms with Gasteiger partial charge in [-0.1, -0.05) is 18.2 Å². The smallest absolute Gasteiger partial charge is 0.255 e. The minimum Gasteiger partial charge on any atom is -0.486 e. The molecular formula is C22H26N4O2. The van der Waals surface area contributed by atoms with Gasteiger partial charge in [0.2, 0.25) is 0 Å². The molecule has 0 bridgehead atoms. The zero-order chi connectivity index (χ0) is 19.3. The van der Waals surface area contributed by atoms with Gasteiger partial charge in [-0.15, -0.1) is 0 Å². The highest BCUT2D eigenvalue weighted by atomic mass is 16.5. The Balaban J connectivity index is 1.40. The standard InChI is InChI=1S/C22H26N4O2/c1-16-8-9-21-25-18(14-26(21)13-16)15-28-20-7-3-2-6-19(20)22(27)24-12-17-5-4-10-23-11-17/h2-3,6-9,13-14,17,23H,4-5,10-12,15H2,1H3,(H,24,27). The van der Waals surface area contributed by atoms with E-state index in [9.17, 15) is 4.79 Å². The number of piperidine rings is 1. The highest BCUT2D eigenvalue weighted by Crippen LogP contribution is 2.20. The summed E-state index contributed by atoms with van der Waals surface area (Å²) in [4.78, 5) is 17.2. The maximum Gasteiger partial charge on any atom is 0.255 e. The summed E-state index contributed by atoms with van der Waals surface area (Å²) in [7, 11) is 0. The Kier molecular flexibility index (Phi) is 5.58. The van der Waals surface area contributed by atoms with E-state index in [4.69, 9.17) is 4.74 Å². The molecule has 6 heteroatoms. The maximum absolute atomic E-state index is 12.7. The van der Waals surface area contributed by atoms with Crippen molar-refractivity contribution in [1.29, 1.82) is 0 Å². The molecule has 2 aromatic heterocycles. The van der Waals surface area contributed by atoms with E-state index in [1.54, 1.807) is 6.07 Å². The lowest BCUT2D eigenvalue weighted by Gasteiger charge is -2.23. The molecule has 0 radical (unpaired) electrons. The molecule has 3 aromatic rings. The number of aromatic nitrogens is 2. The van der Waals surface area contributed by atoms with Crippen LogP contribution in [0.4, 0.5) is 0 Å². The third kappa shape index (κ3) is 4.34. The lowest BCUT2D eigenvalue weighted by Crippen LogP contribution is -2.38. The number of amides is 1. The largest absolute Gasteiger partial charge is 0.486 e. The summed E-state index contributed by atoms with van der Waals surface area (Å²) >= 11 is 0. The van der Waals surface area contributed by atoms with Crippen molar-refractivity contribution in [2.75, 3.05) is 19.6 Å². The number of carbonyl (C=O) groups is 1. The maximum atomic E-state index is 12.7. The van der Waals surface area contributed by atoms with Crippen LogP contribution in [0.2, 0.25) is 0 Å². The quantitative estimate of drug-likeness (QED) is 0.692. The summed E-state index contributed by atoms with van der Waals surface area (Å²) in [5, 5.41) is 6.43. The monoisotopic (exact) mass is 378 g/mol. The van der Waals surface area contributed by atoms with E-state index < -0.39 is 0 Å². The van der Waals surface area contributed by atoms with Gasteiger partial charge in [0, 0.05) is 18.9 Å². The van der Waals surface area contributed by atoms with Crippen molar-refractivity contribution >= 4 is 11.6 Å². The van der Waals surface area contributed by atoms with Gasteiger partial charge in [0.1, 0.15) is 18.0 Å². The lowest BCUT2D eigenvalue weighted by molar-refractivity contribution is 0.0940. The van der Waals surface area contributed by atoms with Crippen molar-refractivity contribution < 1.29 is 9.53 Å². The Labute approximate surface area is 164 Å². The summed E-state index contributed by atoms with van der Waals surface area (Å²) in [6.45, 7) is 5.09. The number of pyridine rings is 1. The van der Waals surface area contributed by atoms with E-state index in [0.717, 1.165) is 30.9 Å². The Hall–Kier alpha value is -2.86. The van der Waals surface area contributed by atoms with Crippen molar-refractivity contribution in [1.82, 2.24) is 20.0 Å². The third-order valence-electron chi connectivity index (χ3n) is 5.11. The number of hydrogen-bond acceptors (Lipinski definition) is 4. The number of fused-ring (bicyclic) bond motifs is 1. The second-order valence-electron chi connectivity index (χ2n) is 7.41. The molecule has 0 saturated carbocycles. The van der Waals surface area contributed by atoms with Crippen LogP contribution >= 0.6 is 0 Å². The number of aryl methyl sites for hydroxylation is 1. The Morgan fingerprint density at radius 2 is 2.18 bits per heavy atom. The topological polar surface area (TPSA) is 67.7 Å². The predicted octanol–water partition coefficient (Wildman–Crippen LogP) is 2.95. The molecule has 1 aliphatic rings. The Morgan fingerprint density at radius 1 is 1.29 bits per heavy atom. The molecule has 4 rings (SSSR count). The van der Waals surface area contributed by atoms with Crippen LogP contribution in [-0.2, 0) is 6.61 Å². The Bertz CT molecular complexity index is 960. The van der Waals surface area contributed by atoms with Crippen LogP contribution in [0.1, 0.15) is 34.5 Å². The van der Waals surface area contributed by atoms with Crippen molar-refractivity contribution in [3.05, 3.63) is 65.6 Å². The number of nitrogens with zero attached hydrogens (tertiary/aromatic N) is 2. The molecule has 146 valence electrons. The number of nitrogens with one attached hydrogen (secondary N) is 2. The normalized spacial score (nSPS) is 16.8. The number of ether oxygens (including phenoxy) is 1. The fraction of sp³-hybridized carbons (Fsp3) is 0.364. The van der Waals surface area contributed by atoms with Crippen LogP contribution in [0, 0.1) is 12.8 Å². The summed E-state index contributed by atoms with van der Waals surface area (Å²) in [6.07, 6.45) is 6.31. The number of rotatable bonds is 6. The van der Waals surface area contributed by atoms with Crippen molar-refractivity contribution in [3.63, 3.8) is 0 Å². The number of benzene rings is 1. The summed E-state index contributed by atoms with van der Waals surface area (Å²) in [6, 6.07) is 11.4. The second-order valence-corrected chi connectivity index (χ2v) is 7.41. The van der Waals surface area contributed by atoms with Crippen LogP contribution in [0.3, 0.4) is 0 Å². The fourth-order valence-electron chi connectivity index (χ4n) is 3.59. The van der Waals surface area contributed by atoms with Crippen molar-refractivity contribution in [2.24, 2.45) is 5.92 Å². The lowest BCUT2D eigenvalue weighted by atomic mass is 9.99. The highest BCUT2D eigenvalue weighted by molar-refractivity contribution is 5.96. The number of imidazole rings is 1. The molecule has 3 heterocycles. The van der Waals surface area contributed by atoms with Gasteiger partial charge in [0.25, 0.3) is 5.91 Å². The molecule has 1 aromatic carbocycles. The van der Waals surface area contributed by atoms with Gasteiger partial charge in [0.05, 0.1) is 11.3 Å². The van der Waals surface area contributed by atoms with Gasteiger partial charge in [0.15, 0.2) is 0 Å². The van der Waals surface area contributed by atoms with Crippen molar-refractivity contribution in [3.8, 4) is 5.75 Å². The molecule has 1 aliphatic heterocycles. The molecule has 28 heavy (non-hydrogen) atoms. The van der Waals surface area contributed by atoms with Gasteiger partial charge in [-0.25, -0.2) is 4.98 Å². The molecule has 1 unspecified atom stereocenters. The molecule has 1 fully saturated rings. The van der Waals surface area contributed by atoms with Gasteiger partial charge in [-0.05, 0) is 62.5 Å². The zero-order valence-electron chi connectivity index (χ0n) is 16.1. The first-order chi connectivity index (χ1) is 13.7. The average molecular weight is 378 g/mol. The van der Waals surface area contributed by atoms with Crippen LogP contribution in [-0.4, -0.2) is 34.9 Å². The van der Waals surface area contributed by atoms with Crippen LogP contribution in [0.15, 0.2) is 48.8 Å². The van der Waals surface area contributed by atoms with Crippen LogP contribution in [0.25, 0.3) is 5.65 Å². The van der Waals surface area contributed by atoms with E-state index in [1.165, 1.54) is 12.0 Å².